The lowest BCUT2D eigenvalue weighted by Crippen LogP contribution is -2.50. The number of hydrogen-bond donors (Lipinski definition) is 0. The highest BCUT2D eigenvalue weighted by Gasteiger charge is 2.27. The minimum Gasteiger partial charge on any atom is -0.492 e. The third-order valence-electron chi connectivity index (χ3n) is 5.94. The summed E-state index contributed by atoms with van der Waals surface area (Å²) in [4.78, 5) is 7.87. The monoisotopic (exact) mass is 345 g/mol. The Bertz CT molecular complexity index is 518. The Hall–Kier alpha value is -1.10. The van der Waals surface area contributed by atoms with Gasteiger partial charge in [0.2, 0.25) is 0 Å². The van der Waals surface area contributed by atoms with Crippen molar-refractivity contribution in [2.75, 3.05) is 52.4 Å². The van der Waals surface area contributed by atoms with Gasteiger partial charge in [0.25, 0.3) is 0 Å². The molecule has 4 nitrogen and oxygen atoms in total. The molecule has 4 heteroatoms. The lowest BCUT2D eigenvalue weighted by atomic mass is 10.2. The molecular formula is C21H35N3O. The Morgan fingerprint density at radius 1 is 0.920 bits per heavy atom. The molecule has 2 atom stereocenters. The van der Waals surface area contributed by atoms with E-state index in [0.717, 1.165) is 31.0 Å². The van der Waals surface area contributed by atoms with Crippen LogP contribution >= 0.6 is 0 Å². The smallest absolute Gasteiger partial charge is 0.119 e. The SMILES string of the molecule is Cc1cccc(OCCN2CCN(CCN3[C@H](C)CC[C@@H]3C)CC2)c1. The summed E-state index contributed by atoms with van der Waals surface area (Å²) in [6.45, 7) is 15.9. The molecule has 0 radical (unpaired) electrons. The van der Waals surface area contributed by atoms with Gasteiger partial charge in [0.1, 0.15) is 12.4 Å². The molecule has 0 amide bonds. The van der Waals surface area contributed by atoms with Gasteiger partial charge >= 0.3 is 0 Å². The molecule has 2 aliphatic heterocycles. The third-order valence-corrected chi connectivity index (χ3v) is 5.94. The predicted molar refractivity (Wildman–Crippen MR) is 104 cm³/mol. The molecule has 2 aliphatic rings. The van der Waals surface area contributed by atoms with Gasteiger partial charge in [-0.1, -0.05) is 12.1 Å². The van der Waals surface area contributed by atoms with Gasteiger partial charge in [-0.05, 0) is 51.3 Å². The highest BCUT2D eigenvalue weighted by molar-refractivity contribution is 5.27. The number of aryl methyl sites for hydroxylation is 1. The molecule has 3 rings (SSSR count). The zero-order valence-electron chi connectivity index (χ0n) is 16.3. The van der Waals surface area contributed by atoms with Crippen molar-refractivity contribution in [3.05, 3.63) is 29.8 Å². The van der Waals surface area contributed by atoms with Crippen LogP contribution in [-0.4, -0.2) is 79.2 Å². The van der Waals surface area contributed by atoms with Crippen LogP contribution in [-0.2, 0) is 0 Å². The summed E-state index contributed by atoms with van der Waals surface area (Å²) in [5, 5.41) is 0. The van der Waals surface area contributed by atoms with E-state index in [2.05, 4.69) is 53.7 Å². The van der Waals surface area contributed by atoms with Crippen LogP contribution in [0.2, 0.25) is 0 Å². The Labute approximate surface area is 153 Å². The maximum absolute atomic E-state index is 5.89. The molecule has 2 heterocycles. The summed E-state index contributed by atoms with van der Waals surface area (Å²) < 4.78 is 5.89. The molecule has 2 fully saturated rings. The van der Waals surface area contributed by atoms with Gasteiger partial charge in [-0.25, -0.2) is 0 Å². The van der Waals surface area contributed by atoms with Crippen molar-refractivity contribution in [3.63, 3.8) is 0 Å². The normalized spacial score (nSPS) is 26.2. The Balaban J connectivity index is 1.31. The Morgan fingerprint density at radius 3 is 2.20 bits per heavy atom. The van der Waals surface area contributed by atoms with Crippen LogP contribution in [0.25, 0.3) is 0 Å². The molecule has 0 saturated carbocycles. The molecule has 0 unspecified atom stereocenters. The summed E-state index contributed by atoms with van der Waals surface area (Å²) in [5.74, 6) is 0.993. The first-order valence-corrected chi connectivity index (χ1v) is 10.0. The van der Waals surface area contributed by atoms with Crippen LogP contribution in [0, 0.1) is 6.92 Å². The third kappa shape index (κ3) is 5.44. The second-order valence-electron chi connectivity index (χ2n) is 7.86. The highest BCUT2D eigenvalue weighted by atomic mass is 16.5. The first-order valence-electron chi connectivity index (χ1n) is 10.0. The van der Waals surface area contributed by atoms with Gasteiger partial charge in [0.15, 0.2) is 0 Å². The van der Waals surface area contributed by atoms with Gasteiger partial charge in [-0.15, -0.1) is 0 Å². The number of nitrogens with zero attached hydrogens (tertiary/aromatic N) is 3. The van der Waals surface area contributed by atoms with E-state index in [1.807, 2.05) is 6.07 Å². The summed E-state index contributed by atoms with van der Waals surface area (Å²) in [6, 6.07) is 9.87. The van der Waals surface area contributed by atoms with Crippen LogP contribution < -0.4 is 4.74 Å². The second-order valence-corrected chi connectivity index (χ2v) is 7.86. The molecule has 25 heavy (non-hydrogen) atoms. The van der Waals surface area contributed by atoms with Crippen molar-refractivity contribution in [1.82, 2.24) is 14.7 Å². The predicted octanol–water partition coefficient (Wildman–Crippen LogP) is 2.86. The topological polar surface area (TPSA) is 19.0 Å². The van der Waals surface area contributed by atoms with E-state index in [-0.39, 0.29) is 0 Å². The lowest BCUT2D eigenvalue weighted by molar-refractivity contribution is 0.0997. The van der Waals surface area contributed by atoms with Gasteiger partial charge < -0.3 is 4.74 Å². The quantitative estimate of drug-likeness (QED) is 0.756. The number of likely N-dealkylation sites (tertiary alicyclic amines) is 1. The average Bonchev–Trinajstić information content (AvgIpc) is 2.92. The zero-order chi connectivity index (χ0) is 17.6. The molecule has 0 aliphatic carbocycles. The first kappa shape index (κ1) is 18.7. The first-order chi connectivity index (χ1) is 12.1. The van der Waals surface area contributed by atoms with Crippen molar-refractivity contribution in [2.24, 2.45) is 0 Å². The minimum absolute atomic E-state index is 0.773. The van der Waals surface area contributed by atoms with E-state index < -0.39 is 0 Å². The standard InChI is InChI=1S/C21H35N3O/c1-18-5-4-6-21(17-18)25-16-15-23-11-9-22(10-12-23)13-14-24-19(2)7-8-20(24)3/h4-6,17,19-20H,7-16H2,1-3H3/t19-,20+. The van der Waals surface area contributed by atoms with E-state index in [1.54, 1.807) is 0 Å². The number of piperazine rings is 1. The number of ether oxygens (including phenoxy) is 1. The van der Waals surface area contributed by atoms with E-state index in [4.69, 9.17) is 4.74 Å². The minimum atomic E-state index is 0.773. The fourth-order valence-corrected chi connectivity index (χ4v) is 4.18. The summed E-state index contributed by atoms with van der Waals surface area (Å²) >= 11 is 0. The van der Waals surface area contributed by atoms with E-state index in [9.17, 15) is 0 Å². The Morgan fingerprint density at radius 2 is 1.56 bits per heavy atom. The van der Waals surface area contributed by atoms with Gasteiger partial charge in [0, 0.05) is 57.9 Å². The lowest BCUT2D eigenvalue weighted by Gasteiger charge is -2.36. The highest BCUT2D eigenvalue weighted by Crippen LogP contribution is 2.22. The fraction of sp³-hybridized carbons (Fsp3) is 0.714. The van der Waals surface area contributed by atoms with Crippen molar-refractivity contribution in [2.45, 2.75) is 45.7 Å². The summed E-state index contributed by atoms with van der Waals surface area (Å²) in [7, 11) is 0. The molecule has 1 aromatic rings. The molecule has 140 valence electrons. The number of hydrogen-bond acceptors (Lipinski definition) is 4. The van der Waals surface area contributed by atoms with Crippen LogP contribution in [0.1, 0.15) is 32.3 Å². The number of benzene rings is 1. The van der Waals surface area contributed by atoms with Gasteiger partial charge in [0.05, 0.1) is 0 Å². The van der Waals surface area contributed by atoms with E-state index in [0.29, 0.717) is 0 Å². The van der Waals surface area contributed by atoms with Gasteiger partial charge in [-0.3, -0.25) is 14.7 Å². The molecule has 2 saturated heterocycles. The van der Waals surface area contributed by atoms with Crippen molar-refractivity contribution in [1.29, 1.82) is 0 Å². The maximum atomic E-state index is 5.89. The molecule has 0 aromatic heterocycles. The van der Waals surface area contributed by atoms with E-state index >= 15 is 0 Å². The zero-order valence-corrected chi connectivity index (χ0v) is 16.3. The maximum Gasteiger partial charge on any atom is 0.119 e. The van der Waals surface area contributed by atoms with Crippen LogP contribution in [0.5, 0.6) is 5.75 Å². The van der Waals surface area contributed by atoms with Crippen LogP contribution in [0.3, 0.4) is 0 Å². The molecule has 0 bridgehead atoms. The van der Waals surface area contributed by atoms with Gasteiger partial charge in [-0.2, -0.15) is 0 Å². The van der Waals surface area contributed by atoms with Crippen molar-refractivity contribution >= 4 is 0 Å². The molecule has 0 spiro atoms. The molecule has 0 N–H and O–H groups in total. The number of rotatable bonds is 7. The van der Waals surface area contributed by atoms with Crippen molar-refractivity contribution in [3.8, 4) is 5.75 Å². The average molecular weight is 346 g/mol. The Kier molecular flexibility index (Phi) is 6.74. The van der Waals surface area contributed by atoms with E-state index in [1.165, 1.54) is 57.7 Å². The summed E-state index contributed by atoms with van der Waals surface area (Å²) in [5.41, 5.74) is 1.26. The van der Waals surface area contributed by atoms with Crippen LogP contribution in [0.15, 0.2) is 24.3 Å². The van der Waals surface area contributed by atoms with Crippen LogP contribution in [0.4, 0.5) is 0 Å². The molecule has 1 aromatic carbocycles. The summed E-state index contributed by atoms with van der Waals surface area (Å²) in [6.07, 6.45) is 2.74. The second kappa shape index (κ2) is 9.02. The van der Waals surface area contributed by atoms with Crippen molar-refractivity contribution < 1.29 is 4.74 Å². The molecular weight excluding hydrogens is 310 g/mol. The fourth-order valence-electron chi connectivity index (χ4n) is 4.18. The largest absolute Gasteiger partial charge is 0.492 e.